The summed E-state index contributed by atoms with van der Waals surface area (Å²) < 4.78 is 1.71. The first kappa shape index (κ1) is 20.9. The predicted molar refractivity (Wildman–Crippen MR) is 115 cm³/mol. The molecule has 1 aliphatic heterocycles. The zero-order chi connectivity index (χ0) is 19.9. The van der Waals surface area contributed by atoms with Crippen molar-refractivity contribution >= 4 is 28.7 Å². The van der Waals surface area contributed by atoms with Crippen molar-refractivity contribution < 1.29 is 4.79 Å². The number of benzene rings is 1. The summed E-state index contributed by atoms with van der Waals surface area (Å²) in [6.07, 6.45) is 4.84. The number of carbonyl (C=O) groups excluding carboxylic acids is 1. The minimum absolute atomic E-state index is 0.0471. The van der Waals surface area contributed by atoms with Crippen LogP contribution in [0.4, 0.5) is 0 Å². The van der Waals surface area contributed by atoms with Gasteiger partial charge >= 0.3 is 0 Å². The maximum Gasteiger partial charge on any atom is 0.283 e. The number of nitrogens with zero attached hydrogens (tertiary/aromatic N) is 3. The van der Waals surface area contributed by atoms with E-state index < -0.39 is 0 Å². The highest BCUT2D eigenvalue weighted by Crippen LogP contribution is 2.17. The summed E-state index contributed by atoms with van der Waals surface area (Å²) in [6, 6.07) is 8.26. The molecule has 3 rings (SSSR count). The Labute approximate surface area is 170 Å². The second kappa shape index (κ2) is 10.1. The number of likely N-dealkylation sites (tertiary alicyclic amines) is 1. The van der Waals surface area contributed by atoms with E-state index in [1.165, 1.54) is 37.6 Å². The van der Waals surface area contributed by atoms with Crippen molar-refractivity contribution in [3.05, 3.63) is 34.6 Å². The normalized spacial score (nSPS) is 17.7. The van der Waals surface area contributed by atoms with Crippen LogP contribution in [0.15, 0.2) is 34.1 Å². The van der Waals surface area contributed by atoms with Crippen LogP contribution in [0.3, 0.4) is 0 Å². The summed E-state index contributed by atoms with van der Waals surface area (Å²) in [5.41, 5.74) is 1.48. The minimum atomic E-state index is -0.127. The average Bonchev–Trinajstić information content (AvgIpc) is 2.71. The number of hydrogen-bond donors (Lipinski definition) is 1. The van der Waals surface area contributed by atoms with Crippen LogP contribution in [-0.4, -0.2) is 51.8 Å². The summed E-state index contributed by atoms with van der Waals surface area (Å²) >= 11 is 1.22. The van der Waals surface area contributed by atoms with Crippen molar-refractivity contribution in [1.29, 1.82) is 0 Å². The molecule has 0 spiro atoms. The van der Waals surface area contributed by atoms with Crippen LogP contribution >= 0.6 is 11.8 Å². The monoisotopic (exact) mass is 402 g/mol. The third-order valence-electron chi connectivity index (χ3n) is 5.36. The van der Waals surface area contributed by atoms with Gasteiger partial charge < -0.3 is 14.8 Å². The molecular weight excluding hydrogens is 372 g/mol. The van der Waals surface area contributed by atoms with E-state index in [9.17, 15) is 9.59 Å². The zero-order valence-corrected chi connectivity index (χ0v) is 17.6. The number of rotatable bonds is 8. The molecule has 1 aromatic heterocycles. The van der Waals surface area contributed by atoms with Crippen molar-refractivity contribution in [2.24, 2.45) is 0 Å². The molecule has 1 amide bonds. The fourth-order valence-electron chi connectivity index (χ4n) is 3.76. The third kappa shape index (κ3) is 5.14. The van der Waals surface area contributed by atoms with Gasteiger partial charge in [0, 0.05) is 25.7 Å². The Morgan fingerprint density at radius 2 is 2.14 bits per heavy atom. The van der Waals surface area contributed by atoms with Crippen LogP contribution in [0.5, 0.6) is 0 Å². The molecule has 1 N–H and O–H groups in total. The number of aromatic nitrogens is 2. The lowest BCUT2D eigenvalue weighted by atomic mass is 10.0. The van der Waals surface area contributed by atoms with Crippen molar-refractivity contribution in [2.75, 3.05) is 25.4 Å². The minimum Gasteiger partial charge on any atom is -0.355 e. The van der Waals surface area contributed by atoms with Gasteiger partial charge in [0.05, 0.1) is 16.8 Å². The third-order valence-corrected chi connectivity index (χ3v) is 6.31. The molecule has 1 aliphatic rings. The second-order valence-electron chi connectivity index (χ2n) is 7.33. The Morgan fingerprint density at radius 3 is 2.93 bits per heavy atom. The van der Waals surface area contributed by atoms with Crippen molar-refractivity contribution in [3.8, 4) is 0 Å². The Bertz CT molecular complexity index is 867. The number of hydrogen-bond acceptors (Lipinski definition) is 5. The van der Waals surface area contributed by atoms with Gasteiger partial charge in [-0.25, -0.2) is 4.98 Å². The van der Waals surface area contributed by atoms with E-state index in [0.29, 0.717) is 24.2 Å². The molecule has 0 unspecified atom stereocenters. The van der Waals surface area contributed by atoms with Crippen LogP contribution in [0.2, 0.25) is 0 Å². The van der Waals surface area contributed by atoms with Gasteiger partial charge in [-0.2, -0.15) is 0 Å². The lowest BCUT2D eigenvalue weighted by Gasteiger charge is -2.33. The van der Waals surface area contributed by atoms with Crippen molar-refractivity contribution in [3.63, 3.8) is 0 Å². The molecule has 1 atom stereocenters. The Balaban J connectivity index is 1.49. The van der Waals surface area contributed by atoms with E-state index in [4.69, 9.17) is 0 Å². The molecule has 6 nitrogen and oxygen atoms in total. The van der Waals surface area contributed by atoms with Crippen molar-refractivity contribution in [1.82, 2.24) is 19.8 Å². The molecular formula is C21H30N4O2S. The highest BCUT2D eigenvalue weighted by molar-refractivity contribution is 7.99. The van der Waals surface area contributed by atoms with E-state index in [1.54, 1.807) is 4.57 Å². The van der Waals surface area contributed by atoms with Crippen LogP contribution in [0.1, 0.15) is 39.5 Å². The lowest BCUT2D eigenvalue weighted by molar-refractivity contribution is -0.118. The average molecular weight is 403 g/mol. The number of fused-ring (bicyclic) bond motifs is 1. The standard InChI is InChI=1S/C21H30N4O2S/c1-3-25-18-11-5-4-10-17(18)23-20(21(25)27)28-15-19(26)22-12-8-14-24-13-7-6-9-16(24)2/h4-5,10-11,16H,3,6-9,12-15H2,1-2H3,(H,22,26)/t16-/m1/s1. The Hall–Kier alpha value is -1.86. The van der Waals surface area contributed by atoms with E-state index in [0.717, 1.165) is 24.0 Å². The summed E-state index contributed by atoms with van der Waals surface area (Å²) in [6.45, 7) is 7.68. The first-order valence-electron chi connectivity index (χ1n) is 10.2. The topological polar surface area (TPSA) is 67.2 Å². The molecule has 2 aromatic rings. The van der Waals surface area contributed by atoms with Gasteiger partial charge in [-0.15, -0.1) is 0 Å². The number of para-hydroxylation sites is 2. The van der Waals surface area contributed by atoms with Gasteiger partial charge in [0.1, 0.15) is 0 Å². The molecule has 28 heavy (non-hydrogen) atoms. The van der Waals surface area contributed by atoms with E-state index in [1.807, 2.05) is 31.2 Å². The van der Waals surface area contributed by atoms with Gasteiger partial charge in [0.25, 0.3) is 5.56 Å². The van der Waals surface area contributed by atoms with E-state index >= 15 is 0 Å². The number of nitrogens with one attached hydrogen (secondary N) is 1. The van der Waals surface area contributed by atoms with Gasteiger partial charge in [-0.3, -0.25) is 9.59 Å². The van der Waals surface area contributed by atoms with Crippen LogP contribution in [0, 0.1) is 0 Å². The maximum atomic E-state index is 12.6. The smallest absolute Gasteiger partial charge is 0.283 e. The van der Waals surface area contributed by atoms with Gasteiger partial charge in [-0.05, 0) is 51.8 Å². The number of amides is 1. The molecule has 0 radical (unpaired) electrons. The first-order valence-corrected chi connectivity index (χ1v) is 11.2. The molecule has 2 heterocycles. The van der Waals surface area contributed by atoms with Crippen LogP contribution < -0.4 is 10.9 Å². The quantitative estimate of drug-likeness (QED) is 0.543. The van der Waals surface area contributed by atoms with Gasteiger partial charge in [0.2, 0.25) is 5.91 Å². The number of carbonyl (C=O) groups is 1. The maximum absolute atomic E-state index is 12.6. The van der Waals surface area contributed by atoms with Crippen LogP contribution in [0.25, 0.3) is 11.0 Å². The summed E-state index contributed by atoms with van der Waals surface area (Å²) in [5.74, 6) is 0.166. The Morgan fingerprint density at radius 1 is 1.32 bits per heavy atom. The fraction of sp³-hybridized carbons (Fsp3) is 0.571. The van der Waals surface area contributed by atoms with Gasteiger partial charge in [0.15, 0.2) is 5.03 Å². The Kier molecular flexibility index (Phi) is 7.50. The zero-order valence-electron chi connectivity index (χ0n) is 16.8. The second-order valence-corrected chi connectivity index (χ2v) is 8.29. The molecule has 1 aromatic carbocycles. The predicted octanol–water partition coefficient (Wildman–Crippen LogP) is 2.89. The molecule has 1 saturated heterocycles. The largest absolute Gasteiger partial charge is 0.355 e. The van der Waals surface area contributed by atoms with E-state index in [-0.39, 0.29) is 17.2 Å². The molecule has 0 bridgehead atoms. The summed E-state index contributed by atoms with van der Waals surface area (Å²) in [7, 11) is 0. The molecule has 152 valence electrons. The number of aryl methyl sites for hydroxylation is 1. The van der Waals surface area contributed by atoms with Crippen LogP contribution in [-0.2, 0) is 11.3 Å². The number of piperidine rings is 1. The summed E-state index contributed by atoms with van der Waals surface area (Å²) in [5, 5.41) is 3.36. The highest BCUT2D eigenvalue weighted by Gasteiger charge is 2.17. The van der Waals surface area contributed by atoms with E-state index in [2.05, 4.69) is 22.1 Å². The first-order chi connectivity index (χ1) is 13.6. The number of thioether (sulfide) groups is 1. The highest BCUT2D eigenvalue weighted by atomic mass is 32.2. The lowest BCUT2D eigenvalue weighted by Crippen LogP contribution is -2.39. The van der Waals surface area contributed by atoms with Gasteiger partial charge in [-0.1, -0.05) is 30.3 Å². The fourth-order valence-corrected chi connectivity index (χ4v) is 4.53. The molecule has 0 aliphatic carbocycles. The molecule has 7 heteroatoms. The summed E-state index contributed by atoms with van der Waals surface area (Å²) in [4.78, 5) is 31.8. The molecule has 1 fully saturated rings. The SMILES string of the molecule is CCn1c(=O)c(SCC(=O)NCCCN2CCCC[C@H]2C)nc2ccccc21. The molecule has 0 saturated carbocycles. The van der Waals surface area contributed by atoms with Crippen molar-refractivity contribution in [2.45, 2.75) is 57.1 Å².